The van der Waals surface area contributed by atoms with E-state index in [1.54, 1.807) is 22.8 Å². The molecule has 1 atom stereocenters. The fourth-order valence-electron chi connectivity index (χ4n) is 1.60. The van der Waals surface area contributed by atoms with E-state index in [0.29, 0.717) is 17.3 Å². The Bertz CT molecular complexity index is 495. The van der Waals surface area contributed by atoms with E-state index in [0.717, 1.165) is 12.2 Å². The number of nitrogens with zero attached hydrogens (tertiary/aromatic N) is 3. The number of rotatable bonds is 5. The first-order chi connectivity index (χ1) is 8.24. The van der Waals surface area contributed by atoms with Gasteiger partial charge in [-0.2, -0.15) is 9.61 Å². The zero-order valence-corrected chi connectivity index (χ0v) is 10.4. The van der Waals surface area contributed by atoms with Crippen molar-refractivity contribution in [3.63, 3.8) is 0 Å². The Hall–Kier alpha value is -1.33. The van der Waals surface area contributed by atoms with Gasteiger partial charge in [-0.25, -0.2) is 4.98 Å². The summed E-state index contributed by atoms with van der Waals surface area (Å²) < 4.78 is 1.69. The van der Waals surface area contributed by atoms with Crippen LogP contribution in [0.4, 0.5) is 5.82 Å². The van der Waals surface area contributed by atoms with E-state index >= 15 is 0 Å². The molecule has 0 fully saturated rings. The van der Waals surface area contributed by atoms with Gasteiger partial charge in [-0.15, -0.1) is 0 Å². The first kappa shape index (κ1) is 12.1. The van der Waals surface area contributed by atoms with E-state index in [2.05, 4.69) is 15.4 Å². The molecule has 0 saturated carbocycles. The van der Waals surface area contributed by atoms with Crippen LogP contribution in [-0.2, 0) is 0 Å². The van der Waals surface area contributed by atoms with Crippen LogP contribution in [0.2, 0.25) is 5.15 Å². The van der Waals surface area contributed by atoms with Gasteiger partial charge in [-0.05, 0) is 12.3 Å². The third-order valence-corrected chi connectivity index (χ3v) is 2.93. The Balaban J connectivity index is 2.20. The van der Waals surface area contributed by atoms with Crippen molar-refractivity contribution in [1.82, 2.24) is 14.6 Å². The predicted octanol–water partition coefficient (Wildman–Crippen LogP) is 1.81. The van der Waals surface area contributed by atoms with Crippen LogP contribution in [0.15, 0.2) is 18.3 Å². The smallest absolute Gasteiger partial charge is 0.159 e. The van der Waals surface area contributed by atoms with Gasteiger partial charge in [0.15, 0.2) is 5.65 Å². The van der Waals surface area contributed by atoms with Crippen LogP contribution < -0.4 is 5.32 Å². The monoisotopic (exact) mass is 254 g/mol. The molecule has 0 saturated heterocycles. The highest BCUT2D eigenvalue weighted by Gasteiger charge is 2.08. The number of hydrogen-bond donors (Lipinski definition) is 2. The molecule has 0 aliphatic carbocycles. The van der Waals surface area contributed by atoms with Crippen molar-refractivity contribution in [2.24, 2.45) is 5.92 Å². The highest BCUT2D eigenvalue weighted by atomic mass is 35.5. The zero-order chi connectivity index (χ0) is 12.3. The standard InChI is InChI=1S/C11H15ClN4O/c1-2-8(7-17)6-13-11-5-9(12)15-10-3-4-14-16(10)11/h3-5,8,13,17H,2,6-7H2,1H3. The first-order valence-corrected chi connectivity index (χ1v) is 5.97. The van der Waals surface area contributed by atoms with E-state index in [9.17, 15) is 0 Å². The number of fused-ring (bicyclic) bond motifs is 1. The first-order valence-electron chi connectivity index (χ1n) is 5.59. The Morgan fingerprint density at radius 2 is 2.41 bits per heavy atom. The lowest BCUT2D eigenvalue weighted by molar-refractivity contribution is 0.230. The third kappa shape index (κ3) is 2.68. The second-order valence-corrected chi connectivity index (χ2v) is 4.29. The summed E-state index contributed by atoms with van der Waals surface area (Å²) in [7, 11) is 0. The Morgan fingerprint density at radius 3 is 3.12 bits per heavy atom. The van der Waals surface area contributed by atoms with E-state index in [4.69, 9.17) is 16.7 Å². The molecule has 0 bridgehead atoms. The molecular weight excluding hydrogens is 240 g/mol. The van der Waals surface area contributed by atoms with E-state index in [-0.39, 0.29) is 12.5 Å². The van der Waals surface area contributed by atoms with Crippen molar-refractivity contribution in [3.8, 4) is 0 Å². The highest BCUT2D eigenvalue weighted by molar-refractivity contribution is 6.29. The molecule has 2 N–H and O–H groups in total. The number of halogens is 1. The molecule has 92 valence electrons. The van der Waals surface area contributed by atoms with Crippen molar-refractivity contribution < 1.29 is 5.11 Å². The second-order valence-electron chi connectivity index (χ2n) is 3.90. The Kier molecular flexibility index (Phi) is 3.81. The van der Waals surface area contributed by atoms with Gasteiger partial charge in [0.25, 0.3) is 0 Å². The van der Waals surface area contributed by atoms with Crippen molar-refractivity contribution in [2.45, 2.75) is 13.3 Å². The molecule has 0 aliphatic heterocycles. The van der Waals surface area contributed by atoms with Crippen molar-refractivity contribution in [2.75, 3.05) is 18.5 Å². The average molecular weight is 255 g/mol. The number of nitrogens with one attached hydrogen (secondary N) is 1. The van der Waals surface area contributed by atoms with E-state index in [1.165, 1.54) is 0 Å². The molecule has 0 radical (unpaired) electrons. The topological polar surface area (TPSA) is 62.5 Å². The molecule has 0 amide bonds. The van der Waals surface area contributed by atoms with Crippen LogP contribution in [0.1, 0.15) is 13.3 Å². The minimum Gasteiger partial charge on any atom is -0.396 e. The molecule has 0 aromatic carbocycles. The summed E-state index contributed by atoms with van der Waals surface area (Å²) in [6.45, 7) is 2.90. The number of aliphatic hydroxyl groups is 1. The molecule has 2 rings (SSSR count). The van der Waals surface area contributed by atoms with Crippen LogP contribution in [0, 0.1) is 5.92 Å². The quantitative estimate of drug-likeness (QED) is 0.799. The lowest BCUT2D eigenvalue weighted by Crippen LogP contribution is -2.18. The molecule has 5 nitrogen and oxygen atoms in total. The molecule has 2 aromatic heterocycles. The summed E-state index contributed by atoms with van der Waals surface area (Å²) in [5, 5.41) is 17.0. The van der Waals surface area contributed by atoms with Gasteiger partial charge in [0.1, 0.15) is 11.0 Å². The summed E-state index contributed by atoms with van der Waals surface area (Å²) in [4.78, 5) is 4.14. The molecule has 2 heterocycles. The molecule has 0 aliphatic rings. The molecule has 2 aromatic rings. The number of aromatic nitrogens is 3. The normalized spacial score (nSPS) is 12.9. The largest absolute Gasteiger partial charge is 0.396 e. The minimum atomic E-state index is 0.171. The highest BCUT2D eigenvalue weighted by Crippen LogP contribution is 2.16. The van der Waals surface area contributed by atoms with Crippen LogP contribution in [-0.4, -0.2) is 32.9 Å². The maximum atomic E-state index is 9.13. The van der Waals surface area contributed by atoms with Gasteiger partial charge in [0.05, 0.1) is 6.20 Å². The van der Waals surface area contributed by atoms with Crippen molar-refractivity contribution in [1.29, 1.82) is 0 Å². The predicted molar refractivity (Wildman–Crippen MR) is 67.4 cm³/mol. The second kappa shape index (κ2) is 5.33. The Morgan fingerprint density at radius 1 is 1.59 bits per heavy atom. The van der Waals surface area contributed by atoms with Gasteiger partial charge in [-0.1, -0.05) is 18.5 Å². The summed E-state index contributed by atoms with van der Waals surface area (Å²) >= 11 is 5.92. The van der Waals surface area contributed by atoms with Crippen LogP contribution in [0.25, 0.3) is 5.65 Å². The number of anilines is 1. The number of hydrogen-bond acceptors (Lipinski definition) is 4. The molecular formula is C11H15ClN4O. The van der Waals surface area contributed by atoms with Gasteiger partial charge in [-0.3, -0.25) is 0 Å². The SMILES string of the molecule is CCC(CO)CNc1cc(Cl)nc2ccnn12. The van der Waals surface area contributed by atoms with Crippen molar-refractivity contribution in [3.05, 3.63) is 23.5 Å². The summed E-state index contributed by atoms with van der Waals surface area (Å²) in [5.74, 6) is 1.02. The number of aliphatic hydroxyl groups excluding tert-OH is 1. The van der Waals surface area contributed by atoms with Crippen LogP contribution >= 0.6 is 11.6 Å². The van der Waals surface area contributed by atoms with E-state index in [1.807, 2.05) is 6.92 Å². The summed E-state index contributed by atoms with van der Waals surface area (Å²) in [6, 6.07) is 3.52. The Labute approximate surface area is 104 Å². The maximum absolute atomic E-state index is 9.13. The maximum Gasteiger partial charge on any atom is 0.159 e. The van der Waals surface area contributed by atoms with Gasteiger partial charge in [0.2, 0.25) is 0 Å². The third-order valence-electron chi connectivity index (χ3n) is 2.74. The average Bonchev–Trinajstić information content (AvgIpc) is 2.78. The summed E-state index contributed by atoms with van der Waals surface area (Å²) in [5.41, 5.74) is 0.706. The van der Waals surface area contributed by atoms with Gasteiger partial charge >= 0.3 is 0 Å². The fourth-order valence-corrected chi connectivity index (χ4v) is 1.79. The van der Waals surface area contributed by atoms with Crippen LogP contribution in [0.3, 0.4) is 0 Å². The lowest BCUT2D eigenvalue weighted by atomic mass is 10.1. The van der Waals surface area contributed by atoms with E-state index < -0.39 is 0 Å². The summed E-state index contributed by atoms with van der Waals surface area (Å²) in [6.07, 6.45) is 2.59. The van der Waals surface area contributed by atoms with Crippen molar-refractivity contribution >= 4 is 23.1 Å². The van der Waals surface area contributed by atoms with Crippen LogP contribution in [0.5, 0.6) is 0 Å². The fraction of sp³-hybridized carbons (Fsp3) is 0.455. The molecule has 6 heteroatoms. The van der Waals surface area contributed by atoms with Gasteiger partial charge in [0, 0.05) is 25.3 Å². The molecule has 0 spiro atoms. The zero-order valence-electron chi connectivity index (χ0n) is 9.60. The molecule has 1 unspecified atom stereocenters. The van der Waals surface area contributed by atoms with Gasteiger partial charge < -0.3 is 10.4 Å². The minimum absolute atomic E-state index is 0.171. The molecule has 17 heavy (non-hydrogen) atoms. The lowest BCUT2D eigenvalue weighted by Gasteiger charge is -2.14.